The van der Waals surface area contributed by atoms with Gasteiger partial charge in [0.2, 0.25) is 9.84 Å². The van der Waals surface area contributed by atoms with Gasteiger partial charge in [-0.05, 0) is 72.3 Å². The van der Waals surface area contributed by atoms with E-state index in [1.54, 1.807) is 24.3 Å². The third kappa shape index (κ3) is 5.16. The van der Waals surface area contributed by atoms with E-state index in [0.717, 1.165) is 28.0 Å². The molecule has 0 fully saturated rings. The van der Waals surface area contributed by atoms with E-state index in [-0.39, 0.29) is 26.5 Å². The molecule has 3 aromatic carbocycles. The first-order chi connectivity index (χ1) is 15.1. The van der Waals surface area contributed by atoms with Gasteiger partial charge in [-0.15, -0.1) is 0 Å². The largest absolute Gasteiger partial charge is 0.481 e. The van der Waals surface area contributed by atoms with Gasteiger partial charge in [-0.3, -0.25) is 4.79 Å². The highest BCUT2D eigenvalue weighted by Crippen LogP contribution is 2.30. The van der Waals surface area contributed by atoms with Gasteiger partial charge in [-0.25, -0.2) is 18.0 Å². The van der Waals surface area contributed by atoms with Crippen LogP contribution in [0.15, 0.2) is 86.3 Å². The van der Waals surface area contributed by atoms with Crippen LogP contribution in [0.5, 0.6) is 0 Å². The van der Waals surface area contributed by atoms with E-state index in [0.29, 0.717) is 0 Å². The first-order valence-corrected chi connectivity index (χ1v) is 11.3. The molecule has 10 heteroatoms. The zero-order chi connectivity index (χ0) is 23.5. The Kier molecular flexibility index (Phi) is 6.66. The summed E-state index contributed by atoms with van der Waals surface area (Å²) in [7, 11) is -4.00. The number of benzene rings is 3. The molecular formula is C22H16O8S2. The van der Waals surface area contributed by atoms with Crippen LogP contribution in [-0.2, 0) is 21.1 Å². The molecule has 3 rings (SSSR count). The van der Waals surface area contributed by atoms with Crippen molar-refractivity contribution in [2.24, 2.45) is 0 Å². The van der Waals surface area contributed by atoms with Crippen LogP contribution in [0.2, 0.25) is 0 Å². The van der Waals surface area contributed by atoms with Crippen molar-refractivity contribution in [1.29, 1.82) is 0 Å². The molecule has 3 N–H and O–H groups in total. The van der Waals surface area contributed by atoms with Gasteiger partial charge < -0.3 is 15.3 Å². The molecule has 0 radical (unpaired) electrons. The lowest BCUT2D eigenvalue weighted by atomic mass is 10.1. The maximum absolute atomic E-state index is 13.0. The molecule has 32 heavy (non-hydrogen) atoms. The summed E-state index contributed by atoms with van der Waals surface area (Å²) in [4.78, 5) is 34.5. The number of carboxylic acid groups (broad SMARTS) is 3. The van der Waals surface area contributed by atoms with E-state index >= 15 is 0 Å². The van der Waals surface area contributed by atoms with Crippen molar-refractivity contribution in [2.45, 2.75) is 26.0 Å². The number of aromatic carboxylic acids is 2. The summed E-state index contributed by atoms with van der Waals surface area (Å²) in [6, 6.07) is 15.5. The predicted octanol–water partition coefficient (Wildman–Crippen LogP) is 3.69. The molecule has 0 amide bonds. The lowest BCUT2D eigenvalue weighted by Gasteiger charge is -2.10. The van der Waals surface area contributed by atoms with Gasteiger partial charge >= 0.3 is 17.9 Å². The number of sulfone groups is 1. The normalized spacial score (nSPS) is 11.1. The molecule has 3 aromatic rings. The first-order valence-electron chi connectivity index (χ1n) is 9.02. The minimum atomic E-state index is -4.00. The van der Waals surface area contributed by atoms with Crippen molar-refractivity contribution in [3.8, 4) is 0 Å². The van der Waals surface area contributed by atoms with Gasteiger partial charge in [-0.2, -0.15) is 0 Å². The first kappa shape index (κ1) is 23.0. The summed E-state index contributed by atoms with van der Waals surface area (Å²) in [5.41, 5.74) is -0.220. The second-order valence-corrected chi connectivity index (χ2v) is 9.70. The highest BCUT2D eigenvalue weighted by atomic mass is 32.2. The molecule has 0 heterocycles. The number of carboxylic acids is 3. The van der Waals surface area contributed by atoms with Gasteiger partial charge in [0.1, 0.15) is 0 Å². The molecule has 0 aliphatic rings. The van der Waals surface area contributed by atoms with Crippen LogP contribution < -0.4 is 0 Å². The summed E-state index contributed by atoms with van der Waals surface area (Å²) in [5, 5.41) is 27.2. The monoisotopic (exact) mass is 472 g/mol. The maximum atomic E-state index is 13.0. The molecule has 164 valence electrons. The van der Waals surface area contributed by atoms with Crippen molar-refractivity contribution < 1.29 is 38.1 Å². The van der Waals surface area contributed by atoms with Crippen molar-refractivity contribution >= 4 is 39.5 Å². The maximum Gasteiger partial charge on any atom is 0.335 e. The average molecular weight is 472 g/mol. The Morgan fingerprint density at radius 2 is 1.25 bits per heavy atom. The Bertz CT molecular complexity index is 1290. The summed E-state index contributed by atoms with van der Waals surface area (Å²) < 4.78 is 25.9. The summed E-state index contributed by atoms with van der Waals surface area (Å²) in [6.45, 7) is 0. The quantitative estimate of drug-likeness (QED) is 0.446. The Balaban J connectivity index is 1.86. The van der Waals surface area contributed by atoms with Crippen LogP contribution in [0.3, 0.4) is 0 Å². The summed E-state index contributed by atoms with van der Waals surface area (Å²) in [5.74, 6) is -3.65. The molecular weight excluding hydrogens is 456 g/mol. The number of rotatable bonds is 8. The molecule has 0 saturated heterocycles. The number of aliphatic carboxylic acids is 1. The van der Waals surface area contributed by atoms with E-state index in [1.165, 1.54) is 36.0 Å². The fraction of sp³-hybridized carbons (Fsp3) is 0.0455. The van der Waals surface area contributed by atoms with Gasteiger partial charge in [-0.1, -0.05) is 11.8 Å². The van der Waals surface area contributed by atoms with E-state index in [9.17, 15) is 27.9 Å². The molecule has 0 spiro atoms. The third-order valence-electron chi connectivity index (χ3n) is 4.43. The zero-order valence-electron chi connectivity index (χ0n) is 16.3. The molecule has 0 saturated carbocycles. The molecule has 0 bridgehead atoms. The Labute approximate surface area is 187 Å². The molecule has 0 aliphatic carbocycles. The van der Waals surface area contributed by atoms with Gasteiger partial charge in [0, 0.05) is 9.79 Å². The highest BCUT2D eigenvalue weighted by Gasteiger charge is 2.21. The van der Waals surface area contributed by atoms with Crippen LogP contribution >= 0.6 is 11.8 Å². The standard InChI is InChI=1S/C22H16O8S2/c23-20(24)12-14-11-18(9-10-19(14)22(27)28)32(29,30)17-7-5-16(6-8-17)31-15-3-1-13(2-4-15)21(25)26/h1-11H,12H2,(H,23,24)(H,25,26)(H,27,28). The minimum Gasteiger partial charge on any atom is -0.481 e. The highest BCUT2D eigenvalue weighted by molar-refractivity contribution is 7.99. The smallest absolute Gasteiger partial charge is 0.335 e. The molecule has 0 aromatic heterocycles. The lowest BCUT2D eigenvalue weighted by Crippen LogP contribution is -2.10. The van der Waals surface area contributed by atoms with Crippen molar-refractivity contribution in [1.82, 2.24) is 0 Å². The Hall–Kier alpha value is -3.63. The zero-order valence-corrected chi connectivity index (χ0v) is 17.9. The van der Waals surface area contributed by atoms with Crippen LogP contribution in [0.1, 0.15) is 26.3 Å². The van der Waals surface area contributed by atoms with Crippen molar-refractivity contribution in [3.05, 3.63) is 83.4 Å². The van der Waals surface area contributed by atoms with Crippen LogP contribution in [0, 0.1) is 0 Å². The van der Waals surface area contributed by atoms with E-state index in [1.807, 2.05) is 0 Å². The summed E-state index contributed by atoms with van der Waals surface area (Å²) >= 11 is 1.32. The summed E-state index contributed by atoms with van der Waals surface area (Å²) in [6.07, 6.45) is -0.624. The molecule has 0 unspecified atom stereocenters. The van der Waals surface area contributed by atoms with Crippen LogP contribution in [0.4, 0.5) is 0 Å². The van der Waals surface area contributed by atoms with Gasteiger partial charge in [0.25, 0.3) is 0 Å². The minimum absolute atomic E-state index is 0.0348. The Morgan fingerprint density at radius 1 is 0.719 bits per heavy atom. The second kappa shape index (κ2) is 9.25. The van der Waals surface area contributed by atoms with E-state index < -0.39 is 34.2 Å². The second-order valence-electron chi connectivity index (χ2n) is 6.60. The van der Waals surface area contributed by atoms with Crippen molar-refractivity contribution in [2.75, 3.05) is 0 Å². The van der Waals surface area contributed by atoms with Crippen molar-refractivity contribution in [3.63, 3.8) is 0 Å². The lowest BCUT2D eigenvalue weighted by molar-refractivity contribution is -0.136. The van der Waals surface area contributed by atoms with Crippen LogP contribution in [0.25, 0.3) is 0 Å². The fourth-order valence-electron chi connectivity index (χ4n) is 2.88. The van der Waals surface area contributed by atoms with Crippen LogP contribution in [-0.4, -0.2) is 41.6 Å². The fourth-order valence-corrected chi connectivity index (χ4v) is 5.01. The number of hydrogen-bond acceptors (Lipinski definition) is 6. The average Bonchev–Trinajstić information content (AvgIpc) is 2.74. The number of carbonyl (C=O) groups is 3. The van der Waals surface area contributed by atoms with E-state index in [4.69, 9.17) is 10.2 Å². The molecule has 0 aliphatic heterocycles. The third-order valence-corrected chi connectivity index (χ3v) is 7.21. The van der Waals surface area contributed by atoms with E-state index in [2.05, 4.69) is 0 Å². The Morgan fingerprint density at radius 3 is 1.75 bits per heavy atom. The number of hydrogen-bond donors (Lipinski definition) is 3. The SMILES string of the molecule is O=C(O)Cc1cc(S(=O)(=O)c2ccc(Sc3ccc(C(=O)O)cc3)cc2)ccc1C(=O)O. The molecule has 0 atom stereocenters. The topological polar surface area (TPSA) is 146 Å². The molecule has 8 nitrogen and oxygen atoms in total. The van der Waals surface area contributed by atoms with Gasteiger partial charge in [0.15, 0.2) is 0 Å². The van der Waals surface area contributed by atoms with Gasteiger partial charge in [0.05, 0.1) is 27.3 Å². The predicted molar refractivity (Wildman–Crippen MR) is 114 cm³/mol.